The molecule has 1 unspecified atom stereocenters. The van der Waals surface area contributed by atoms with Gasteiger partial charge in [0.1, 0.15) is 23.0 Å². The van der Waals surface area contributed by atoms with Gasteiger partial charge in [-0.05, 0) is 0 Å². The van der Waals surface area contributed by atoms with E-state index in [9.17, 15) is 18.0 Å². The molecular formula is C12H13F3N2O2. The van der Waals surface area contributed by atoms with Crippen LogP contribution in [0.1, 0.15) is 10.4 Å². The Balaban J connectivity index is 1.99. The van der Waals surface area contributed by atoms with Gasteiger partial charge in [-0.1, -0.05) is 0 Å². The number of benzene rings is 1. The third kappa shape index (κ3) is 3.45. The first-order valence-corrected chi connectivity index (χ1v) is 5.82. The van der Waals surface area contributed by atoms with Gasteiger partial charge in [0.05, 0.1) is 13.2 Å². The molecule has 1 aliphatic rings. The van der Waals surface area contributed by atoms with Gasteiger partial charge in [-0.15, -0.1) is 0 Å². The van der Waals surface area contributed by atoms with Gasteiger partial charge in [-0.2, -0.15) is 0 Å². The van der Waals surface area contributed by atoms with Crippen molar-refractivity contribution < 1.29 is 22.7 Å². The lowest BCUT2D eigenvalue weighted by Crippen LogP contribution is -2.48. The van der Waals surface area contributed by atoms with Crippen molar-refractivity contribution in [2.45, 2.75) is 6.04 Å². The van der Waals surface area contributed by atoms with Crippen molar-refractivity contribution in [1.29, 1.82) is 0 Å². The van der Waals surface area contributed by atoms with Gasteiger partial charge in [0.25, 0.3) is 5.91 Å². The zero-order chi connectivity index (χ0) is 13.8. The lowest BCUT2D eigenvalue weighted by Gasteiger charge is -2.23. The van der Waals surface area contributed by atoms with E-state index in [0.717, 1.165) is 0 Å². The maximum atomic E-state index is 13.3. The van der Waals surface area contributed by atoms with Crippen molar-refractivity contribution in [3.8, 4) is 0 Å². The maximum Gasteiger partial charge on any atom is 0.257 e. The number of carbonyl (C=O) groups is 1. The highest BCUT2D eigenvalue weighted by molar-refractivity contribution is 5.94. The standard InChI is InChI=1S/C12H13F3N2O2/c13-7-3-9(14)11(10(15)4-7)12(18)17-5-8-6-19-2-1-16-8/h3-4,8,16H,1-2,5-6H2,(H,17,18). The van der Waals surface area contributed by atoms with E-state index < -0.39 is 28.9 Å². The van der Waals surface area contributed by atoms with Crippen molar-refractivity contribution in [3.05, 3.63) is 35.1 Å². The number of carbonyl (C=O) groups excluding carboxylic acids is 1. The number of halogens is 3. The van der Waals surface area contributed by atoms with Crippen molar-refractivity contribution in [2.24, 2.45) is 0 Å². The minimum absolute atomic E-state index is 0.107. The predicted molar refractivity (Wildman–Crippen MR) is 61.3 cm³/mol. The van der Waals surface area contributed by atoms with Crippen LogP contribution in [-0.4, -0.2) is 38.3 Å². The molecule has 0 bridgehead atoms. The van der Waals surface area contributed by atoms with Crippen molar-refractivity contribution >= 4 is 5.91 Å². The smallest absolute Gasteiger partial charge is 0.257 e. The van der Waals surface area contributed by atoms with Gasteiger partial charge < -0.3 is 15.4 Å². The molecule has 1 fully saturated rings. The highest BCUT2D eigenvalue weighted by atomic mass is 19.1. The number of ether oxygens (including phenoxy) is 1. The highest BCUT2D eigenvalue weighted by Gasteiger charge is 2.20. The highest BCUT2D eigenvalue weighted by Crippen LogP contribution is 2.14. The molecule has 1 atom stereocenters. The maximum absolute atomic E-state index is 13.3. The van der Waals surface area contributed by atoms with Gasteiger partial charge >= 0.3 is 0 Å². The number of rotatable bonds is 3. The minimum atomic E-state index is -1.22. The SMILES string of the molecule is O=C(NCC1COCCN1)c1c(F)cc(F)cc1F. The molecule has 1 aromatic carbocycles. The summed E-state index contributed by atoms with van der Waals surface area (Å²) in [5.74, 6) is -4.41. The first kappa shape index (κ1) is 13.8. The van der Waals surface area contributed by atoms with Crippen molar-refractivity contribution in [3.63, 3.8) is 0 Å². The van der Waals surface area contributed by atoms with E-state index in [1.54, 1.807) is 0 Å². The summed E-state index contributed by atoms with van der Waals surface area (Å²) in [7, 11) is 0. The van der Waals surface area contributed by atoms with E-state index in [1.807, 2.05) is 0 Å². The van der Waals surface area contributed by atoms with Crippen LogP contribution in [0.4, 0.5) is 13.2 Å². The van der Waals surface area contributed by atoms with E-state index in [1.165, 1.54) is 0 Å². The van der Waals surface area contributed by atoms with Crippen LogP contribution in [0, 0.1) is 17.5 Å². The van der Waals surface area contributed by atoms with Crippen molar-refractivity contribution in [1.82, 2.24) is 10.6 Å². The average molecular weight is 274 g/mol. The molecule has 0 spiro atoms. The Hall–Kier alpha value is -1.60. The topological polar surface area (TPSA) is 50.4 Å². The third-order valence-corrected chi connectivity index (χ3v) is 2.74. The summed E-state index contributed by atoms with van der Waals surface area (Å²) < 4.78 is 44.6. The van der Waals surface area contributed by atoms with E-state index in [-0.39, 0.29) is 12.6 Å². The van der Waals surface area contributed by atoms with Crippen LogP contribution in [0.15, 0.2) is 12.1 Å². The molecule has 2 N–H and O–H groups in total. The van der Waals surface area contributed by atoms with Crippen LogP contribution >= 0.6 is 0 Å². The largest absolute Gasteiger partial charge is 0.378 e. The number of nitrogens with one attached hydrogen (secondary N) is 2. The number of hydrogen-bond donors (Lipinski definition) is 2. The van der Waals surface area contributed by atoms with Crippen LogP contribution in [0.25, 0.3) is 0 Å². The Morgan fingerprint density at radius 2 is 2.05 bits per heavy atom. The fourth-order valence-corrected chi connectivity index (χ4v) is 1.81. The second-order valence-electron chi connectivity index (χ2n) is 4.18. The Morgan fingerprint density at radius 3 is 2.63 bits per heavy atom. The third-order valence-electron chi connectivity index (χ3n) is 2.74. The molecule has 4 nitrogen and oxygen atoms in total. The Kier molecular flexibility index (Phi) is 4.39. The zero-order valence-corrected chi connectivity index (χ0v) is 10.0. The lowest BCUT2D eigenvalue weighted by atomic mass is 10.1. The normalized spacial score (nSPS) is 19.2. The first-order chi connectivity index (χ1) is 9.08. The predicted octanol–water partition coefficient (Wildman–Crippen LogP) is 0.822. The number of amides is 1. The van der Waals surface area contributed by atoms with E-state index in [4.69, 9.17) is 4.74 Å². The monoisotopic (exact) mass is 274 g/mol. The molecule has 1 heterocycles. The van der Waals surface area contributed by atoms with Crippen LogP contribution in [0.5, 0.6) is 0 Å². The lowest BCUT2D eigenvalue weighted by molar-refractivity contribution is 0.0733. The molecule has 1 aliphatic heterocycles. The summed E-state index contributed by atoms with van der Waals surface area (Å²) in [4.78, 5) is 11.7. The fourth-order valence-electron chi connectivity index (χ4n) is 1.81. The molecular weight excluding hydrogens is 261 g/mol. The first-order valence-electron chi connectivity index (χ1n) is 5.82. The average Bonchev–Trinajstić information content (AvgIpc) is 2.36. The summed E-state index contributed by atoms with van der Waals surface area (Å²) in [6.07, 6.45) is 0. The summed E-state index contributed by atoms with van der Waals surface area (Å²) in [6.45, 7) is 1.83. The summed E-state index contributed by atoms with van der Waals surface area (Å²) in [5, 5.41) is 5.46. The van der Waals surface area contributed by atoms with Gasteiger partial charge in [0.2, 0.25) is 0 Å². The van der Waals surface area contributed by atoms with Crippen LogP contribution in [0.3, 0.4) is 0 Å². The molecule has 0 aromatic heterocycles. The number of morpholine rings is 1. The zero-order valence-electron chi connectivity index (χ0n) is 10.0. The molecule has 1 aromatic rings. The Labute approximate surface area is 107 Å². The molecule has 1 saturated heterocycles. The molecule has 1 amide bonds. The van der Waals surface area contributed by atoms with Crippen LogP contribution in [0.2, 0.25) is 0 Å². The van der Waals surface area contributed by atoms with E-state index in [2.05, 4.69) is 10.6 Å². The minimum Gasteiger partial charge on any atom is -0.378 e. The summed E-state index contributed by atoms with van der Waals surface area (Å²) in [5.41, 5.74) is -0.780. The Morgan fingerprint density at radius 1 is 1.37 bits per heavy atom. The Bertz CT molecular complexity index is 453. The quantitative estimate of drug-likeness (QED) is 0.858. The summed E-state index contributed by atoms with van der Waals surface area (Å²) >= 11 is 0. The van der Waals surface area contributed by atoms with Crippen LogP contribution < -0.4 is 10.6 Å². The van der Waals surface area contributed by atoms with Gasteiger partial charge in [-0.3, -0.25) is 4.79 Å². The molecule has 0 saturated carbocycles. The second-order valence-corrected chi connectivity index (χ2v) is 4.18. The van der Waals surface area contributed by atoms with Gasteiger partial charge in [-0.25, -0.2) is 13.2 Å². The van der Waals surface area contributed by atoms with Crippen molar-refractivity contribution in [2.75, 3.05) is 26.3 Å². The fraction of sp³-hybridized carbons (Fsp3) is 0.417. The van der Waals surface area contributed by atoms with Crippen LogP contribution in [-0.2, 0) is 4.74 Å². The summed E-state index contributed by atoms with van der Waals surface area (Å²) in [6, 6.07) is 0.837. The number of hydrogen-bond acceptors (Lipinski definition) is 3. The molecule has 0 radical (unpaired) electrons. The molecule has 104 valence electrons. The van der Waals surface area contributed by atoms with E-state index >= 15 is 0 Å². The van der Waals surface area contributed by atoms with Gasteiger partial charge in [0, 0.05) is 31.3 Å². The molecule has 19 heavy (non-hydrogen) atoms. The van der Waals surface area contributed by atoms with Gasteiger partial charge in [0.15, 0.2) is 0 Å². The molecule has 0 aliphatic carbocycles. The molecule has 7 heteroatoms. The second kappa shape index (κ2) is 6.03. The van der Waals surface area contributed by atoms with E-state index in [0.29, 0.717) is 31.9 Å². The molecule has 2 rings (SSSR count).